The normalized spacial score (nSPS) is 11.6. The van der Waals surface area contributed by atoms with Crippen LogP contribution in [0.25, 0.3) is 86.7 Å². The highest BCUT2D eigenvalue weighted by Crippen LogP contribution is 2.37. The van der Waals surface area contributed by atoms with E-state index in [2.05, 4.69) is 143 Å². The molecule has 7 aromatic carbocycles. The largest absolute Gasteiger partial charge is 0.226 e. The molecule has 3 nitrogen and oxygen atoms in total. The molecule has 2 aromatic heterocycles. The molecule has 0 saturated carbocycles. The maximum atomic E-state index is 6.48. The topological polar surface area (TPSA) is 38.7 Å². The molecule has 0 radical (unpaired) electrons. The highest BCUT2D eigenvalue weighted by Gasteiger charge is 2.13. The zero-order valence-corrected chi connectivity index (χ0v) is 26.1. The lowest BCUT2D eigenvalue weighted by Gasteiger charge is -2.10. The van der Waals surface area contributed by atoms with Gasteiger partial charge >= 0.3 is 0 Å². The van der Waals surface area contributed by atoms with Crippen LogP contribution in [0.2, 0.25) is 5.28 Å². The minimum absolute atomic E-state index is 0.176. The predicted octanol–water partition coefficient (Wildman–Crippen LogP) is 11.9. The quantitative estimate of drug-likeness (QED) is 0.195. The number of hydrogen-bond donors (Lipinski definition) is 0. The van der Waals surface area contributed by atoms with E-state index in [4.69, 9.17) is 16.6 Å². The summed E-state index contributed by atoms with van der Waals surface area (Å²) in [7, 11) is 0. The van der Waals surface area contributed by atoms with Crippen LogP contribution >= 0.6 is 22.9 Å². The van der Waals surface area contributed by atoms with E-state index in [1.165, 1.54) is 52.8 Å². The Kier molecular flexibility index (Phi) is 6.37. The van der Waals surface area contributed by atoms with E-state index in [9.17, 15) is 0 Å². The second kappa shape index (κ2) is 10.9. The van der Waals surface area contributed by atoms with Gasteiger partial charge in [-0.25, -0.2) is 4.98 Å². The summed E-state index contributed by atoms with van der Waals surface area (Å²) in [6.07, 6.45) is 0. The maximum Gasteiger partial charge on any atom is 0.226 e. The molecule has 216 valence electrons. The Balaban J connectivity index is 1.06. The molecule has 5 heteroatoms. The van der Waals surface area contributed by atoms with Crippen molar-refractivity contribution in [1.82, 2.24) is 15.0 Å². The van der Waals surface area contributed by atoms with Gasteiger partial charge in [0, 0.05) is 31.3 Å². The van der Waals surface area contributed by atoms with Crippen molar-refractivity contribution in [2.75, 3.05) is 0 Å². The van der Waals surface area contributed by atoms with Crippen LogP contribution < -0.4 is 0 Å². The summed E-state index contributed by atoms with van der Waals surface area (Å²) in [5.74, 6) is 1.11. The number of thiophene rings is 1. The van der Waals surface area contributed by atoms with Crippen molar-refractivity contribution >= 4 is 64.7 Å². The van der Waals surface area contributed by atoms with Gasteiger partial charge in [-0.1, -0.05) is 115 Å². The first-order chi connectivity index (χ1) is 22.7. The van der Waals surface area contributed by atoms with Crippen molar-refractivity contribution in [2.24, 2.45) is 0 Å². The first kappa shape index (κ1) is 26.9. The van der Waals surface area contributed by atoms with E-state index < -0.39 is 0 Å². The molecule has 0 saturated heterocycles. The van der Waals surface area contributed by atoms with E-state index in [1.807, 2.05) is 12.1 Å². The van der Waals surface area contributed by atoms with Gasteiger partial charge in [-0.2, -0.15) is 9.97 Å². The fraction of sp³-hybridized carbons (Fsp3) is 0. The van der Waals surface area contributed by atoms with Crippen molar-refractivity contribution in [1.29, 1.82) is 0 Å². The third-order valence-corrected chi connectivity index (χ3v) is 9.94. The molecule has 0 aliphatic carbocycles. The summed E-state index contributed by atoms with van der Waals surface area (Å²) < 4.78 is 2.46. The van der Waals surface area contributed by atoms with Crippen molar-refractivity contribution in [2.45, 2.75) is 0 Å². The fourth-order valence-electron chi connectivity index (χ4n) is 6.38. The number of halogens is 1. The van der Waals surface area contributed by atoms with Crippen LogP contribution in [0.4, 0.5) is 0 Å². The van der Waals surface area contributed by atoms with Crippen LogP contribution in [-0.4, -0.2) is 15.0 Å². The summed E-state index contributed by atoms with van der Waals surface area (Å²) in [6.45, 7) is 0. The lowest BCUT2D eigenvalue weighted by molar-refractivity contribution is 1.07. The Hall–Kier alpha value is -5.42. The standard InChI is InChI=1S/C41H24ClN3S/c42-41-44-39(43-40(45-41)32-19-20-36-35-12-3-4-14-37(35)46-38(36)24-32)31-10-5-9-26(23-31)27-15-16-29-22-30(18-17-28(29)21-27)34-13-6-8-25-7-1-2-11-33(25)34/h1-24H. The number of benzene rings is 7. The molecular weight excluding hydrogens is 602 g/mol. The molecule has 46 heavy (non-hydrogen) atoms. The molecule has 0 N–H and O–H groups in total. The second-order valence-electron chi connectivity index (χ2n) is 11.4. The number of aromatic nitrogens is 3. The Morgan fingerprint density at radius 3 is 1.87 bits per heavy atom. The van der Waals surface area contributed by atoms with Gasteiger partial charge in [0.15, 0.2) is 11.6 Å². The second-order valence-corrected chi connectivity index (χ2v) is 12.9. The molecule has 0 amide bonds. The van der Waals surface area contributed by atoms with Crippen LogP contribution in [0.5, 0.6) is 0 Å². The summed E-state index contributed by atoms with van der Waals surface area (Å²) in [4.78, 5) is 13.9. The number of rotatable bonds is 4. The zero-order chi connectivity index (χ0) is 30.6. The molecule has 2 heterocycles. The van der Waals surface area contributed by atoms with Gasteiger partial charge in [-0.05, 0) is 85.7 Å². The lowest BCUT2D eigenvalue weighted by Crippen LogP contribution is -1.97. The zero-order valence-electron chi connectivity index (χ0n) is 24.5. The monoisotopic (exact) mass is 625 g/mol. The molecule has 0 fully saturated rings. The number of fused-ring (bicyclic) bond motifs is 5. The number of hydrogen-bond acceptors (Lipinski definition) is 4. The average molecular weight is 626 g/mol. The van der Waals surface area contributed by atoms with Gasteiger partial charge in [0.25, 0.3) is 0 Å². The van der Waals surface area contributed by atoms with Crippen molar-refractivity contribution in [3.63, 3.8) is 0 Å². The van der Waals surface area contributed by atoms with Crippen LogP contribution in [0, 0.1) is 0 Å². The minimum atomic E-state index is 0.176. The summed E-state index contributed by atoms with van der Waals surface area (Å²) in [5, 5.41) is 7.58. The Labute approximate surface area is 274 Å². The van der Waals surface area contributed by atoms with E-state index in [1.54, 1.807) is 11.3 Å². The average Bonchev–Trinajstić information content (AvgIpc) is 3.49. The smallest absolute Gasteiger partial charge is 0.208 e. The van der Waals surface area contributed by atoms with Crippen LogP contribution in [0.3, 0.4) is 0 Å². The lowest BCUT2D eigenvalue weighted by atomic mass is 9.94. The Morgan fingerprint density at radius 2 is 1.00 bits per heavy atom. The molecule has 9 rings (SSSR count). The summed E-state index contributed by atoms with van der Waals surface area (Å²) in [6, 6.07) is 51.5. The van der Waals surface area contributed by atoms with Crippen LogP contribution in [-0.2, 0) is 0 Å². The first-order valence-electron chi connectivity index (χ1n) is 15.1. The highest BCUT2D eigenvalue weighted by atomic mass is 35.5. The van der Waals surface area contributed by atoms with E-state index in [-0.39, 0.29) is 5.28 Å². The van der Waals surface area contributed by atoms with Crippen molar-refractivity contribution in [3.8, 4) is 45.0 Å². The van der Waals surface area contributed by atoms with E-state index in [0.717, 1.165) is 22.3 Å². The fourth-order valence-corrected chi connectivity index (χ4v) is 7.69. The molecule has 0 spiro atoms. The van der Waals surface area contributed by atoms with Crippen molar-refractivity contribution in [3.05, 3.63) is 151 Å². The summed E-state index contributed by atoms with van der Waals surface area (Å²) in [5.41, 5.74) is 6.48. The minimum Gasteiger partial charge on any atom is -0.208 e. The molecule has 0 aliphatic rings. The number of nitrogens with zero attached hydrogens (tertiary/aromatic N) is 3. The van der Waals surface area contributed by atoms with Gasteiger partial charge in [0.1, 0.15) is 0 Å². The third kappa shape index (κ3) is 4.71. The molecule has 0 aliphatic heterocycles. The molecule has 0 atom stereocenters. The Morgan fingerprint density at radius 1 is 0.391 bits per heavy atom. The summed E-state index contributed by atoms with van der Waals surface area (Å²) >= 11 is 8.26. The van der Waals surface area contributed by atoms with Crippen LogP contribution in [0.1, 0.15) is 0 Å². The highest BCUT2D eigenvalue weighted by molar-refractivity contribution is 7.25. The molecule has 0 bridgehead atoms. The van der Waals surface area contributed by atoms with Gasteiger partial charge in [-0.15, -0.1) is 11.3 Å². The van der Waals surface area contributed by atoms with Gasteiger partial charge in [0.05, 0.1) is 0 Å². The van der Waals surface area contributed by atoms with Gasteiger partial charge in [-0.3, -0.25) is 0 Å². The third-order valence-electron chi connectivity index (χ3n) is 8.64. The van der Waals surface area contributed by atoms with E-state index in [0.29, 0.717) is 11.6 Å². The predicted molar refractivity (Wildman–Crippen MR) is 194 cm³/mol. The van der Waals surface area contributed by atoms with Gasteiger partial charge in [0.2, 0.25) is 5.28 Å². The first-order valence-corrected chi connectivity index (χ1v) is 16.3. The molecular formula is C41H24ClN3S. The van der Waals surface area contributed by atoms with Crippen molar-refractivity contribution < 1.29 is 0 Å². The van der Waals surface area contributed by atoms with Gasteiger partial charge < -0.3 is 0 Å². The van der Waals surface area contributed by atoms with Crippen LogP contribution in [0.15, 0.2) is 146 Å². The Bertz CT molecular complexity index is 2620. The maximum absolute atomic E-state index is 6.48. The molecule has 9 aromatic rings. The SMILES string of the molecule is Clc1nc(-c2cccc(-c3ccc4cc(-c5cccc6ccccc56)ccc4c3)c2)nc(-c2ccc3c(c2)sc2ccccc23)n1. The van der Waals surface area contributed by atoms with E-state index >= 15 is 0 Å². The molecule has 0 unspecified atom stereocenters.